The van der Waals surface area contributed by atoms with Gasteiger partial charge in [0.05, 0.1) is 24.9 Å². The van der Waals surface area contributed by atoms with E-state index in [2.05, 4.69) is 15.7 Å². The summed E-state index contributed by atoms with van der Waals surface area (Å²) in [6, 6.07) is 1.91. The summed E-state index contributed by atoms with van der Waals surface area (Å²) in [5.41, 5.74) is 1.05. The molecular formula is C36H45N7O7S. The van der Waals surface area contributed by atoms with Crippen LogP contribution >= 0.6 is 11.3 Å². The Morgan fingerprint density at radius 3 is 2.65 bits per heavy atom. The average Bonchev–Trinajstić information content (AvgIpc) is 3.68. The molecule has 0 aromatic carbocycles. The number of methoxy groups -OCH3 is 1. The van der Waals surface area contributed by atoms with Gasteiger partial charge in [0.2, 0.25) is 17.7 Å². The number of carbonyl (C=O) groups excluding carboxylic acids is 4. The molecule has 3 fully saturated rings. The predicted octanol–water partition coefficient (Wildman–Crippen LogP) is 4.35. The summed E-state index contributed by atoms with van der Waals surface area (Å²) in [5, 5.41) is 12.2. The van der Waals surface area contributed by atoms with Gasteiger partial charge in [0.25, 0.3) is 0 Å². The number of hydrogen-bond acceptors (Lipinski definition) is 11. The lowest BCUT2D eigenvalue weighted by Crippen LogP contribution is -2.56. The van der Waals surface area contributed by atoms with E-state index >= 15 is 0 Å². The van der Waals surface area contributed by atoms with E-state index in [1.807, 2.05) is 43.6 Å². The fourth-order valence-electron chi connectivity index (χ4n) is 7.66. The van der Waals surface area contributed by atoms with Gasteiger partial charge in [-0.2, -0.15) is 10.1 Å². The van der Waals surface area contributed by atoms with Crippen molar-refractivity contribution in [1.82, 2.24) is 35.3 Å². The van der Waals surface area contributed by atoms with Gasteiger partial charge in [-0.05, 0) is 75.8 Å². The monoisotopic (exact) mass is 719 g/mol. The van der Waals surface area contributed by atoms with Crippen LogP contribution in [-0.2, 0) is 30.9 Å². The molecule has 0 unspecified atom stereocenters. The van der Waals surface area contributed by atoms with Gasteiger partial charge < -0.3 is 29.7 Å². The second-order valence-electron chi connectivity index (χ2n) is 14.1. The average molecular weight is 720 g/mol. The summed E-state index contributed by atoms with van der Waals surface area (Å²) in [4.78, 5) is 65.9. The second kappa shape index (κ2) is 14.6. The van der Waals surface area contributed by atoms with Crippen LogP contribution in [0, 0.1) is 12.8 Å². The number of amides is 3. The summed E-state index contributed by atoms with van der Waals surface area (Å²) < 4.78 is 19.8. The fourth-order valence-corrected chi connectivity index (χ4v) is 8.42. The number of fused-ring (bicyclic) bond motifs is 3. The first-order chi connectivity index (χ1) is 24.6. The summed E-state index contributed by atoms with van der Waals surface area (Å²) in [7, 11) is 3.13. The Hall–Kier alpha value is -4.53. The Morgan fingerprint density at radius 2 is 1.88 bits per heavy atom. The van der Waals surface area contributed by atoms with Crippen molar-refractivity contribution in [3.05, 3.63) is 35.4 Å². The largest absolute Gasteiger partial charge is 0.471 e. The van der Waals surface area contributed by atoms with Gasteiger partial charge in [-0.25, -0.2) is 14.6 Å². The molecule has 4 aliphatic rings. The van der Waals surface area contributed by atoms with E-state index in [4.69, 9.17) is 24.2 Å². The van der Waals surface area contributed by atoms with Crippen LogP contribution in [0.4, 0.5) is 4.79 Å². The molecule has 0 spiro atoms. The number of nitrogens with one attached hydrogen (secondary N) is 2. The number of allylic oxidation sites excluding steroid dienone is 1. The first kappa shape index (κ1) is 34.9. The molecule has 2 aliphatic carbocycles. The zero-order valence-electron chi connectivity index (χ0n) is 29.3. The highest BCUT2D eigenvalue weighted by Crippen LogP contribution is 2.46. The van der Waals surface area contributed by atoms with Crippen molar-refractivity contribution in [2.75, 3.05) is 13.7 Å². The van der Waals surface area contributed by atoms with Crippen LogP contribution in [0.1, 0.15) is 76.3 Å². The molecule has 1 saturated heterocycles. The van der Waals surface area contributed by atoms with Crippen LogP contribution in [0.15, 0.2) is 29.7 Å². The minimum absolute atomic E-state index is 0.0678. The van der Waals surface area contributed by atoms with Crippen LogP contribution in [0.3, 0.4) is 0 Å². The summed E-state index contributed by atoms with van der Waals surface area (Å²) in [6.07, 6.45) is 10.4. The van der Waals surface area contributed by atoms with Crippen molar-refractivity contribution in [1.29, 1.82) is 0 Å². The first-order valence-corrected chi connectivity index (χ1v) is 18.8. The number of ether oxygens (including phenoxy) is 3. The topological polar surface area (TPSA) is 167 Å². The SMILES string of the molecule is COC(=O)[C@@]12C[C@H]1/C=C\CCCCC[C@H](NC(=O)OC1CCCC1)C(=O)N1C[C@H](Oc3nc(-c4cc(C)nn4C)nc4ccsc34)C[C@H]1C(=O)N2. The van der Waals surface area contributed by atoms with Crippen LogP contribution in [0.2, 0.25) is 0 Å². The minimum Gasteiger partial charge on any atom is -0.471 e. The molecule has 14 nitrogen and oxygen atoms in total. The smallest absolute Gasteiger partial charge is 0.408 e. The zero-order valence-corrected chi connectivity index (χ0v) is 30.1. The minimum atomic E-state index is -1.20. The Bertz CT molecular complexity index is 1830. The third-order valence-corrected chi connectivity index (χ3v) is 11.3. The number of carbonyl (C=O) groups is 4. The van der Waals surface area contributed by atoms with Crippen molar-refractivity contribution in [2.24, 2.45) is 13.0 Å². The molecule has 272 valence electrons. The molecule has 5 heterocycles. The number of alkyl carbamates (subject to hydrolysis) is 1. The zero-order chi connectivity index (χ0) is 35.7. The van der Waals surface area contributed by atoms with Crippen LogP contribution in [0.5, 0.6) is 5.88 Å². The first-order valence-electron chi connectivity index (χ1n) is 17.9. The molecule has 2 N–H and O–H groups in total. The quantitative estimate of drug-likeness (QED) is 0.276. The molecule has 5 atom stereocenters. The van der Waals surface area contributed by atoms with Crippen molar-refractivity contribution in [3.8, 4) is 17.4 Å². The molecule has 2 saturated carbocycles. The van der Waals surface area contributed by atoms with Gasteiger partial charge in [-0.15, -0.1) is 11.3 Å². The van der Waals surface area contributed by atoms with E-state index in [1.165, 1.54) is 23.3 Å². The van der Waals surface area contributed by atoms with Crippen LogP contribution in [0.25, 0.3) is 21.7 Å². The summed E-state index contributed by atoms with van der Waals surface area (Å²) >= 11 is 1.44. The molecule has 0 bridgehead atoms. The Balaban J connectivity index is 1.19. The lowest BCUT2D eigenvalue weighted by Gasteiger charge is -2.29. The van der Waals surface area contributed by atoms with Gasteiger partial charge in [-0.1, -0.05) is 25.0 Å². The molecular weight excluding hydrogens is 675 g/mol. The number of rotatable bonds is 6. The Morgan fingerprint density at radius 1 is 1.08 bits per heavy atom. The number of nitrogens with zero attached hydrogens (tertiary/aromatic N) is 5. The molecule has 3 aromatic heterocycles. The number of thiophene rings is 1. The normalized spacial score (nSPS) is 27.9. The highest BCUT2D eigenvalue weighted by molar-refractivity contribution is 7.17. The number of aromatic nitrogens is 4. The van der Waals surface area contributed by atoms with Crippen molar-refractivity contribution >= 4 is 45.4 Å². The van der Waals surface area contributed by atoms with Crippen LogP contribution in [-0.4, -0.2) is 92.0 Å². The third-order valence-electron chi connectivity index (χ3n) is 10.4. The standard InChI is InChI=1S/C36H45N7O7S/c1-21-17-27(42(2)41-21)30-37-25-15-16-51-29(25)32(39-30)49-24-18-28-31(44)40-36(34(46)48-3)19-22(36)11-7-5-4-6-8-14-26(33(45)43(28)20-24)38-35(47)50-23-12-9-10-13-23/h7,11,15-17,22-24,26,28H,4-6,8-10,12-14,18-20H2,1-3H3,(H,38,47)(H,40,44)/b11-7-/t22-,24-,26+,28+,36-/m1/s1. The lowest BCUT2D eigenvalue weighted by molar-refractivity contribution is -0.148. The van der Waals surface area contributed by atoms with Gasteiger partial charge in [-0.3, -0.25) is 14.3 Å². The number of esters is 1. The molecule has 51 heavy (non-hydrogen) atoms. The molecule has 0 radical (unpaired) electrons. The van der Waals surface area contributed by atoms with E-state index in [0.717, 1.165) is 61.0 Å². The van der Waals surface area contributed by atoms with Gasteiger partial charge >= 0.3 is 12.1 Å². The third kappa shape index (κ3) is 7.30. The second-order valence-corrected chi connectivity index (χ2v) is 15.0. The van der Waals surface area contributed by atoms with E-state index in [0.29, 0.717) is 36.5 Å². The molecule has 3 aromatic rings. The van der Waals surface area contributed by atoms with E-state index in [1.54, 1.807) is 4.68 Å². The molecule has 7 rings (SSSR count). The maximum atomic E-state index is 14.5. The summed E-state index contributed by atoms with van der Waals surface area (Å²) in [5.74, 6) is -0.818. The van der Waals surface area contributed by atoms with Crippen molar-refractivity contribution in [3.63, 3.8) is 0 Å². The van der Waals surface area contributed by atoms with Crippen LogP contribution < -0.4 is 15.4 Å². The maximum absolute atomic E-state index is 14.5. The molecule has 2 aliphatic heterocycles. The Kier molecular flexibility index (Phi) is 9.99. The number of hydrogen-bond donors (Lipinski definition) is 2. The Labute approximate surface area is 300 Å². The van der Waals surface area contributed by atoms with E-state index in [-0.39, 0.29) is 25.0 Å². The lowest BCUT2D eigenvalue weighted by atomic mass is 10.0. The molecule has 15 heteroatoms. The molecule has 3 amide bonds. The highest BCUT2D eigenvalue weighted by atomic mass is 32.1. The fraction of sp³-hybridized carbons (Fsp3) is 0.583. The number of aryl methyl sites for hydroxylation is 2. The van der Waals surface area contributed by atoms with Gasteiger partial charge in [0.1, 0.15) is 40.2 Å². The van der Waals surface area contributed by atoms with E-state index < -0.39 is 47.6 Å². The van der Waals surface area contributed by atoms with E-state index in [9.17, 15) is 19.2 Å². The van der Waals surface area contributed by atoms with Gasteiger partial charge in [0.15, 0.2) is 5.82 Å². The summed E-state index contributed by atoms with van der Waals surface area (Å²) in [6.45, 7) is 1.96. The maximum Gasteiger partial charge on any atom is 0.408 e. The highest BCUT2D eigenvalue weighted by Gasteiger charge is 2.62. The predicted molar refractivity (Wildman–Crippen MR) is 188 cm³/mol. The van der Waals surface area contributed by atoms with Crippen molar-refractivity contribution in [2.45, 2.75) is 107 Å². The van der Waals surface area contributed by atoms with Gasteiger partial charge in [0, 0.05) is 19.4 Å². The van der Waals surface area contributed by atoms with Crippen molar-refractivity contribution < 1.29 is 33.4 Å².